The van der Waals surface area contributed by atoms with Gasteiger partial charge < -0.3 is 20.4 Å². The SMILES string of the molecule is C[NH+](C)CCNC(=O)CC1c2nc(NC(=O)c3cccc(F)c3)sc2CC2[C@@]1(C)CCC(O)[C@@]2(C)CO. The van der Waals surface area contributed by atoms with E-state index in [4.69, 9.17) is 4.98 Å². The number of likely N-dealkylation sites (N-methyl/N-ethyl adjacent to an activating group) is 1. The molecule has 5 atom stereocenters. The number of benzene rings is 1. The van der Waals surface area contributed by atoms with Gasteiger partial charge >= 0.3 is 0 Å². The van der Waals surface area contributed by atoms with Crippen molar-refractivity contribution in [1.29, 1.82) is 0 Å². The number of carbonyl (C=O) groups is 2. The van der Waals surface area contributed by atoms with E-state index in [1.165, 1.54) is 40.5 Å². The van der Waals surface area contributed by atoms with E-state index < -0.39 is 23.2 Å². The van der Waals surface area contributed by atoms with Gasteiger partial charge in [-0.25, -0.2) is 9.37 Å². The molecule has 202 valence electrons. The highest BCUT2D eigenvalue weighted by atomic mass is 32.1. The third kappa shape index (κ3) is 5.43. The average Bonchev–Trinajstić information content (AvgIpc) is 3.24. The van der Waals surface area contributed by atoms with Crippen LogP contribution in [0.25, 0.3) is 0 Å². The minimum absolute atomic E-state index is 0.0609. The van der Waals surface area contributed by atoms with Gasteiger partial charge in [0.1, 0.15) is 5.82 Å². The molecule has 2 amide bonds. The lowest BCUT2D eigenvalue weighted by Gasteiger charge is -2.58. The van der Waals surface area contributed by atoms with E-state index in [1.807, 2.05) is 21.0 Å². The van der Waals surface area contributed by atoms with Gasteiger partial charge in [-0.05, 0) is 48.8 Å². The molecule has 0 aliphatic heterocycles. The highest BCUT2D eigenvalue weighted by molar-refractivity contribution is 7.15. The van der Waals surface area contributed by atoms with Crippen molar-refractivity contribution < 1.29 is 29.1 Å². The van der Waals surface area contributed by atoms with Gasteiger partial charge in [0.05, 0.1) is 45.6 Å². The number of fused-ring (bicyclic) bond motifs is 2. The Bertz CT molecular complexity index is 1160. The van der Waals surface area contributed by atoms with E-state index in [1.54, 1.807) is 0 Å². The second-order valence-electron chi connectivity index (χ2n) is 11.3. The van der Waals surface area contributed by atoms with Crippen molar-refractivity contribution in [2.45, 2.75) is 51.6 Å². The fourth-order valence-corrected chi connectivity index (χ4v) is 7.27. The van der Waals surface area contributed by atoms with Crippen LogP contribution in [0, 0.1) is 22.6 Å². The van der Waals surface area contributed by atoms with E-state index >= 15 is 0 Å². The molecule has 2 aromatic rings. The number of carbonyl (C=O) groups excluding carboxylic acids is 2. The Morgan fingerprint density at radius 3 is 2.73 bits per heavy atom. The zero-order chi connectivity index (χ0) is 27.0. The van der Waals surface area contributed by atoms with Gasteiger partial charge in [0, 0.05) is 28.2 Å². The van der Waals surface area contributed by atoms with E-state index in [2.05, 4.69) is 17.6 Å². The molecular weight excluding hydrogens is 495 g/mol. The van der Waals surface area contributed by atoms with Gasteiger partial charge in [-0.3, -0.25) is 14.9 Å². The largest absolute Gasteiger partial charge is 0.396 e. The van der Waals surface area contributed by atoms with Crippen LogP contribution in [-0.4, -0.2) is 66.9 Å². The summed E-state index contributed by atoms with van der Waals surface area (Å²) in [4.78, 5) is 32.8. The van der Waals surface area contributed by atoms with Gasteiger partial charge in [0.15, 0.2) is 5.13 Å². The zero-order valence-corrected chi connectivity index (χ0v) is 22.8. The Balaban J connectivity index is 1.66. The topological polar surface area (TPSA) is 116 Å². The molecule has 0 saturated heterocycles. The zero-order valence-electron chi connectivity index (χ0n) is 21.9. The fourth-order valence-electron chi connectivity index (χ4n) is 6.21. The molecule has 5 N–H and O–H groups in total. The van der Waals surface area contributed by atoms with E-state index in [9.17, 15) is 24.2 Å². The number of hydrogen-bond acceptors (Lipinski definition) is 6. The molecule has 3 unspecified atom stereocenters. The molecule has 2 aliphatic carbocycles. The lowest BCUT2D eigenvalue weighted by atomic mass is 9.47. The second-order valence-corrected chi connectivity index (χ2v) is 12.4. The Hall–Kier alpha value is -2.40. The third-order valence-electron chi connectivity index (χ3n) is 8.54. The van der Waals surface area contributed by atoms with Crippen molar-refractivity contribution in [2.24, 2.45) is 16.7 Å². The maximum absolute atomic E-state index is 13.6. The predicted octanol–water partition coefficient (Wildman–Crippen LogP) is 1.60. The number of amides is 2. The number of rotatable bonds is 8. The number of aromatic nitrogens is 1. The molecule has 37 heavy (non-hydrogen) atoms. The molecular formula is C27H38FN4O4S+. The van der Waals surface area contributed by atoms with Crippen molar-refractivity contribution in [1.82, 2.24) is 10.3 Å². The minimum atomic E-state index is -0.720. The van der Waals surface area contributed by atoms with Gasteiger partial charge in [0.25, 0.3) is 5.91 Å². The summed E-state index contributed by atoms with van der Waals surface area (Å²) in [5.74, 6) is -1.31. The Morgan fingerprint density at radius 1 is 1.30 bits per heavy atom. The van der Waals surface area contributed by atoms with Crippen molar-refractivity contribution in [2.75, 3.05) is 39.1 Å². The number of hydrogen-bond donors (Lipinski definition) is 5. The molecule has 0 spiro atoms. The quantitative estimate of drug-likeness (QED) is 0.354. The first-order valence-corrected chi connectivity index (χ1v) is 13.7. The molecule has 2 aliphatic rings. The lowest BCUT2D eigenvalue weighted by Crippen LogP contribution is -3.06. The molecule has 0 radical (unpaired) electrons. The molecule has 0 bridgehead atoms. The van der Waals surface area contributed by atoms with E-state index in [0.29, 0.717) is 30.9 Å². The summed E-state index contributed by atoms with van der Waals surface area (Å²) in [6.45, 7) is 5.29. The Morgan fingerprint density at radius 2 is 2.05 bits per heavy atom. The van der Waals surface area contributed by atoms with Crippen LogP contribution < -0.4 is 15.5 Å². The molecule has 1 heterocycles. The monoisotopic (exact) mass is 533 g/mol. The molecule has 10 heteroatoms. The maximum atomic E-state index is 13.6. The first kappa shape index (κ1) is 27.6. The molecule has 1 aromatic heterocycles. The van der Waals surface area contributed by atoms with Crippen molar-refractivity contribution in [3.8, 4) is 0 Å². The number of aliphatic hydroxyl groups excluding tert-OH is 2. The van der Waals surface area contributed by atoms with Crippen molar-refractivity contribution >= 4 is 28.3 Å². The number of anilines is 1. The van der Waals surface area contributed by atoms with Crippen LogP contribution in [0.3, 0.4) is 0 Å². The second kappa shape index (κ2) is 10.8. The Kier molecular flexibility index (Phi) is 8.04. The van der Waals surface area contributed by atoms with Crippen LogP contribution in [0.5, 0.6) is 0 Å². The lowest BCUT2D eigenvalue weighted by molar-refractivity contribution is -0.856. The summed E-state index contributed by atoms with van der Waals surface area (Å²) < 4.78 is 13.6. The maximum Gasteiger partial charge on any atom is 0.257 e. The highest BCUT2D eigenvalue weighted by Gasteiger charge is 2.59. The summed E-state index contributed by atoms with van der Waals surface area (Å²) in [5.41, 5.74) is -0.0962. The van der Waals surface area contributed by atoms with Gasteiger partial charge in [0.2, 0.25) is 5.91 Å². The van der Waals surface area contributed by atoms with E-state index in [0.717, 1.165) is 17.1 Å². The van der Waals surface area contributed by atoms with Crippen LogP contribution in [-0.2, 0) is 11.2 Å². The number of thiazole rings is 1. The van der Waals surface area contributed by atoms with Crippen LogP contribution >= 0.6 is 11.3 Å². The minimum Gasteiger partial charge on any atom is -0.396 e. The molecule has 1 fully saturated rings. The van der Waals surface area contributed by atoms with Gasteiger partial charge in [-0.2, -0.15) is 0 Å². The number of nitrogens with one attached hydrogen (secondary N) is 3. The highest BCUT2D eigenvalue weighted by Crippen LogP contribution is 2.62. The fraction of sp³-hybridized carbons (Fsp3) is 0.593. The molecule has 1 aromatic carbocycles. The smallest absolute Gasteiger partial charge is 0.257 e. The number of aliphatic hydroxyl groups is 2. The van der Waals surface area contributed by atoms with Crippen molar-refractivity contribution in [3.05, 3.63) is 46.2 Å². The van der Waals surface area contributed by atoms with Crippen molar-refractivity contribution in [3.63, 3.8) is 0 Å². The predicted molar refractivity (Wildman–Crippen MR) is 140 cm³/mol. The van der Waals surface area contributed by atoms with E-state index in [-0.39, 0.29) is 41.7 Å². The van der Waals surface area contributed by atoms with Gasteiger partial charge in [-0.1, -0.05) is 19.9 Å². The van der Waals surface area contributed by atoms with Crippen LogP contribution in [0.1, 0.15) is 60.0 Å². The number of halogens is 1. The average molecular weight is 534 g/mol. The summed E-state index contributed by atoms with van der Waals surface area (Å²) in [6.07, 6.45) is 1.43. The summed E-state index contributed by atoms with van der Waals surface area (Å²) in [7, 11) is 4.06. The first-order valence-electron chi connectivity index (χ1n) is 12.9. The Labute approximate surface area is 221 Å². The standard InChI is InChI=1S/C27H37FN4O4S/c1-26-9-8-21(34)27(2,15-33)20(26)14-19-23(18(26)13-22(35)29-10-11-32(3)4)30-25(37-19)31-24(36)16-6-5-7-17(28)12-16/h5-7,12,18,20-21,33-34H,8-11,13-15H2,1-4H3,(H,29,35)(H,30,31,36)/p+1/t18?,20?,21?,26-,27-/m0/s1. The summed E-state index contributed by atoms with van der Waals surface area (Å²) in [5, 5.41) is 27.5. The van der Waals surface area contributed by atoms with Gasteiger partial charge in [-0.15, -0.1) is 11.3 Å². The normalized spacial score (nSPS) is 28.9. The number of nitrogens with zero attached hydrogens (tertiary/aromatic N) is 1. The molecule has 4 rings (SSSR count). The first-order chi connectivity index (χ1) is 17.5. The number of quaternary nitrogens is 1. The molecule has 1 saturated carbocycles. The summed E-state index contributed by atoms with van der Waals surface area (Å²) >= 11 is 1.35. The summed E-state index contributed by atoms with van der Waals surface area (Å²) in [6, 6.07) is 5.48. The van der Waals surface area contributed by atoms with Crippen LogP contribution in [0.2, 0.25) is 0 Å². The third-order valence-corrected chi connectivity index (χ3v) is 9.55. The van der Waals surface area contributed by atoms with Crippen LogP contribution in [0.15, 0.2) is 24.3 Å². The molecule has 8 nitrogen and oxygen atoms in total. The van der Waals surface area contributed by atoms with Crippen LogP contribution in [0.4, 0.5) is 9.52 Å².